The number of carbonyl (C=O) groups is 3. The predicted octanol–water partition coefficient (Wildman–Crippen LogP) is 5.24. The van der Waals surface area contributed by atoms with Crippen LogP contribution >= 0.6 is 0 Å². The summed E-state index contributed by atoms with van der Waals surface area (Å²) in [7, 11) is 0. The molecule has 0 fully saturated rings. The van der Waals surface area contributed by atoms with Gasteiger partial charge in [0.15, 0.2) is 0 Å². The minimum absolute atomic E-state index is 0.0471. The fraction of sp³-hybridized carbons (Fsp3) is 0.792. The van der Waals surface area contributed by atoms with Crippen molar-refractivity contribution in [2.45, 2.75) is 106 Å². The summed E-state index contributed by atoms with van der Waals surface area (Å²) in [5, 5.41) is 0. The zero-order valence-corrected chi connectivity index (χ0v) is 20.3. The normalized spacial score (nSPS) is 15.1. The van der Waals surface area contributed by atoms with Crippen LogP contribution in [0.1, 0.15) is 88.0 Å². The Bertz CT molecular complexity index is 576. The molecule has 0 aromatic carbocycles. The Balaban J connectivity index is 5.26. The molecule has 30 heavy (non-hydrogen) atoms. The number of hydrogen-bond acceptors (Lipinski definition) is 6. The summed E-state index contributed by atoms with van der Waals surface area (Å²) < 4.78 is 16.2. The van der Waals surface area contributed by atoms with Crippen LogP contribution in [0.25, 0.3) is 0 Å². The molecule has 0 aliphatic rings. The van der Waals surface area contributed by atoms with E-state index >= 15 is 0 Å². The summed E-state index contributed by atoms with van der Waals surface area (Å²) in [5.41, 5.74) is -0.0471. The van der Waals surface area contributed by atoms with Crippen molar-refractivity contribution in [3.8, 4) is 0 Å². The molecule has 0 aliphatic heterocycles. The van der Waals surface area contributed by atoms with Crippen molar-refractivity contribution in [3.63, 3.8) is 0 Å². The van der Waals surface area contributed by atoms with Crippen molar-refractivity contribution >= 4 is 17.9 Å². The van der Waals surface area contributed by atoms with Gasteiger partial charge in [-0.25, -0.2) is 9.59 Å². The maximum absolute atomic E-state index is 12.6. The van der Waals surface area contributed by atoms with Gasteiger partial charge in [-0.15, -0.1) is 0 Å². The third-order valence-corrected chi connectivity index (χ3v) is 4.26. The average Bonchev–Trinajstić information content (AvgIpc) is 2.50. The van der Waals surface area contributed by atoms with Crippen LogP contribution in [0.5, 0.6) is 0 Å². The first-order valence-electron chi connectivity index (χ1n) is 11.1. The van der Waals surface area contributed by atoms with Gasteiger partial charge in [0.1, 0.15) is 0 Å². The SMILES string of the molecule is CC(C)C[C@@H](C)OC(=O)C/C(=C\C(=O)O[C@@H](C)CC(C)C)C(=O)O[C@@H](C)CC(C)C. The van der Waals surface area contributed by atoms with Crippen LogP contribution in [0, 0.1) is 17.8 Å². The van der Waals surface area contributed by atoms with E-state index in [0.29, 0.717) is 30.6 Å². The lowest BCUT2D eigenvalue weighted by atomic mass is 10.1. The van der Waals surface area contributed by atoms with E-state index in [2.05, 4.69) is 0 Å². The van der Waals surface area contributed by atoms with E-state index in [1.165, 1.54) is 0 Å². The van der Waals surface area contributed by atoms with Crippen molar-refractivity contribution in [1.82, 2.24) is 0 Å². The monoisotopic (exact) mass is 426 g/mol. The minimum Gasteiger partial charge on any atom is -0.462 e. The van der Waals surface area contributed by atoms with Crippen LogP contribution in [-0.4, -0.2) is 36.2 Å². The highest BCUT2D eigenvalue weighted by Crippen LogP contribution is 2.16. The summed E-state index contributed by atoms with van der Waals surface area (Å²) in [4.78, 5) is 37.3. The Morgan fingerprint density at radius 3 is 1.47 bits per heavy atom. The number of hydrogen-bond donors (Lipinski definition) is 0. The lowest BCUT2D eigenvalue weighted by Crippen LogP contribution is -2.23. The molecule has 6 nitrogen and oxygen atoms in total. The van der Waals surface area contributed by atoms with E-state index in [-0.39, 0.29) is 30.3 Å². The van der Waals surface area contributed by atoms with Gasteiger partial charge < -0.3 is 14.2 Å². The smallest absolute Gasteiger partial charge is 0.335 e. The molecule has 0 amide bonds. The van der Waals surface area contributed by atoms with E-state index < -0.39 is 17.9 Å². The minimum atomic E-state index is -0.690. The fourth-order valence-electron chi connectivity index (χ4n) is 3.37. The van der Waals surface area contributed by atoms with Gasteiger partial charge in [-0.3, -0.25) is 4.79 Å². The Hall–Kier alpha value is -1.85. The van der Waals surface area contributed by atoms with Crippen LogP contribution < -0.4 is 0 Å². The maximum Gasteiger partial charge on any atom is 0.335 e. The van der Waals surface area contributed by atoms with Gasteiger partial charge in [-0.1, -0.05) is 41.5 Å². The molecule has 0 saturated carbocycles. The first kappa shape index (κ1) is 28.1. The topological polar surface area (TPSA) is 78.9 Å². The molecule has 0 spiro atoms. The number of ether oxygens (including phenoxy) is 3. The van der Waals surface area contributed by atoms with Crippen LogP contribution in [0.4, 0.5) is 0 Å². The first-order chi connectivity index (χ1) is 13.8. The van der Waals surface area contributed by atoms with Crippen LogP contribution in [-0.2, 0) is 28.6 Å². The summed E-state index contributed by atoms with van der Waals surface area (Å²) >= 11 is 0. The highest BCUT2D eigenvalue weighted by Gasteiger charge is 2.23. The summed E-state index contributed by atoms with van der Waals surface area (Å²) in [6.45, 7) is 17.6. The third kappa shape index (κ3) is 14.2. The zero-order valence-electron chi connectivity index (χ0n) is 20.3. The molecule has 0 radical (unpaired) electrons. The van der Waals surface area contributed by atoms with E-state index in [4.69, 9.17) is 14.2 Å². The molecule has 3 atom stereocenters. The molecule has 0 bridgehead atoms. The summed E-state index contributed by atoms with van der Waals surface area (Å²) in [6.07, 6.45) is 1.96. The Morgan fingerprint density at radius 2 is 1.03 bits per heavy atom. The van der Waals surface area contributed by atoms with Crippen molar-refractivity contribution in [3.05, 3.63) is 11.6 Å². The molecule has 0 heterocycles. The Morgan fingerprint density at radius 1 is 0.633 bits per heavy atom. The quantitative estimate of drug-likeness (QED) is 0.228. The van der Waals surface area contributed by atoms with E-state index in [0.717, 1.165) is 12.5 Å². The highest BCUT2D eigenvalue weighted by molar-refractivity contribution is 5.99. The summed E-state index contributed by atoms with van der Waals surface area (Å²) in [5.74, 6) is -0.813. The van der Waals surface area contributed by atoms with Gasteiger partial charge in [0.2, 0.25) is 0 Å². The van der Waals surface area contributed by atoms with Gasteiger partial charge in [0, 0.05) is 6.08 Å². The molecule has 0 rings (SSSR count). The second-order valence-electron chi connectivity index (χ2n) is 9.50. The van der Waals surface area contributed by atoms with E-state index in [1.54, 1.807) is 13.8 Å². The average molecular weight is 427 g/mol. The highest BCUT2D eigenvalue weighted by atomic mass is 16.6. The van der Waals surface area contributed by atoms with E-state index in [9.17, 15) is 14.4 Å². The van der Waals surface area contributed by atoms with Gasteiger partial charge in [-0.2, -0.15) is 0 Å². The number of esters is 3. The van der Waals surface area contributed by atoms with Crippen molar-refractivity contribution < 1.29 is 28.6 Å². The third-order valence-electron chi connectivity index (χ3n) is 4.26. The van der Waals surface area contributed by atoms with Crippen molar-refractivity contribution in [2.24, 2.45) is 17.8 Å². The first-order valence-corrected chi connectivity index (χ1v) is 11.1. The van der Waals surface area contributed by atoms with Gasteiger partial charge in [0.25, 0.3) is 0 Å². The van der Waals surface area contributed by atoms with Crippen molar-refractivity contribution in [2.75, 3.05) is 0 Å². The van der Waals surface area contributed by atoms with Crippen LogP contribution in [0.15, 0.2) is 11.6 Å². The van der Waals surface area contributed by atoms with Gasteiger partial charge >= 0.3 is 17.9 Å². The number of carbonyl (C=O) groups excluding carboxylic acids is 3. The second-order valence-corrected chi connectivity index (χ2v) is 9.50. The van der Waals surface area contributed by atoms with Crippen LogP contribution in [0.2, 0.25) is 0 Å². The van der Waals surface area contributed by atoms with E-state index in [1.807, 2.05) is 48.5 Å². The molecule has 0 unspecified atom stereocenters. The standard InChI is InChI=1S/C24H42O6/c1-15(2)10-18(7)28-22(25)13-21(24(27)30-20(9)12-17(5)6)14-23(26)29-19(8)11-16(3)4/h13,15-20H,10-12,14H2,1-9H3/b21-13+/t18-,19+,20-/m0/s1. The molecule has 0 saturated heterocycles. The lowest BCUT2D eigenvalue weighted by molar-refractivity contribution is -0.152. The summed E-state index contributed by atoms with van der Waals surface area (Å²) in [6, 6.07) is 0. The molecular weight excluding hydrogens is 384 g/mol. The lowest BCUT2D eigenvalue weighted by Gasteiger charge is -2.18. The van der Waals surface area contributed by atoms with Crippen LogP contribution in [0.3, 0.4) is 0 Å². The molecule has 0 aromatic heterocycles. The Kier molecular flexibility index (Phi) is 13.3. The molecule has 0 aromatic rings. The zero-order chi connectivity index (χ0) is 23.4. The fourth-order valence-corrected chi connectivity index (χ4v) is 3.37. The second kappa shape index (κ2) is 14.2. The molecule has 0 N–H and O–H groups in total. The number of rotatable bonds is 13. The molecule has 6 heteroatoms. The largest absolute Gasteiger partial charge is 0.462 e. The molecule has 0 aliphatic carbocycles. The molecular formula is C24H42O6. The van der Waals surface area contributed by atoms with Gasteiger partial charge in [-0.05, 0) is 57.8 Å². The maximum atomic E-state index is 12.6. The van der Waals surface area contributed by atoms with Crippen molar-refractivity contribution in [1.29, 1.82) is 0 Å². The predicted molar refractivity (Wildman–Crippen MR) is 118 cm³/mol. The molecule has 174 valence electrons. The Labute approximate surface area is 182 Å². The van der Waals surface area contributed by atoms with Gasteiger partial charge in [0.05, 0.1) is 30.3 Å².